The van der Waals surface area contributed by atoms with Gasteiger partial charge in [0.15, 0.2) is 11.6 Å². The van der Waals surface area contributed by atoms with Gasteiger partial charge in [0.1, 0.15) is 11.3 Å². The number of halogens is 1. The van der Waals surface area contributed by atoms with E-state index in [1.54, 1.807) is 0 Å². The highest BCUT2D eigenvalue weighted by Gasteiger charge is 2.49. The monoisotopic (exact) mass is 237 g/mol. The molecule has 1 saturated carbocycles. The fourth-order valence-electron chi connectivity index (χ4n) is 1.97. The van der Waals surface area contributed by atoms with Crippen LogP contribution in [0.5, 0.6) is 11.5 Å². The van der Waals surface area contributed by atoms with Gasteiger partial charge >= 0.3 is 0 Å². The molecule has 0 bridgehead atoms. The molecular formula is C12H12FNO3. The molecule has 0 aliphatic heterocycles. The zero-order chi connectivity index (χ0) is 12.5. The number of hydrogen-bond acceptors (Lipinski definition) is 4. The molecule has 0 aromatic heterocycles. The van der Waals surface area contributed by atoms with E-state index in [0.717, 1.165) is 0 Å². The Morgan fingerprint density at radius 2 is 2.06 bits per heavy atom. The first-order chi connectivity index (χ1) is 8.18. The number of rotatable bonds is 4. The van der Waals surface area contributed by atoms with Crippen LogP contribution in [0.1, 0.15) is 18.4 Å². The third-order valence-corrected chi connectivity index (χ3v) is 2.94. The summed E-state index contributed by atoms with van der Waals surface area (Å²) in [6, 6.07) is 2.77. The van der Waals surface area contributed by atoms with Crippen molar-refractivity contribution in [3.8, 4) is 11.5 Å². The average molecular weight is 237 g/mol. The molecule has 0 amide bonds. The van der Waals surface area contributed by atoms with Gasteiger partial charge < -0.3 is 9.47 Å². The summed E-state index contributed by atoms with van der Waals surface area (Å²) < 4.78 is 23.9. The van der Waals surface area contributed by atoms with Crippen molar-refractivity contribution in [1.82, 2.24) is 0 Å². The lowest BCUT2D eigenvalue weighted by Crippen LogP contribution is -2.09. The molecule has 2 rings (SSSR count). The number of ether oxygens (including phenoxy) is 2. The summed E-state index contributed by atoms with van der Waals surface area (Å²) in [4.78, 5) is 14.2. The highest BCUT2D eigenvalue weighted by Crippen LogP contribution is 2.55. The van der Waals surface area contributed by atoms with Crippen LogP contribution >= 0.6 is 0 Å². The van der Waals surface area contributed by atoms with E-state index in [-0.39, 0.29) is 5.75 Å². The standard InChI is InChI=1S/C12H12FNO3/c1-16-9-4-3-8(13)11(17-2)10(9)12(5-6-12)14-7-15/h3-4H,5-6H2,1-2H3. The minimum atomic E-state index is -0.722. The molecular weight excluding hydrogens is 225 g/mol. The number of carbonyl (C=O) groups excluding carboxylic acids is 1. The second kappa shape index (κ2) is 4.18. The lowest BCUT2D eigenvalue weighted by atomic mass is 10.0. The Morgan fingerprint density at radius 3 is 2.53 bits per heavy atom. The summed E-state index contributed by atoms with van der Waals surface area (Å²) in [7, 11) is 2.86. The normalized spacial score (nSPS) is 15.9. The fourth-order valence-corrected chi connectivity index (χ4v) is 1.97. The third kappa shape index (κ3) is 1.78. The summed E-state index contributed by atoms with van der Waals surface area (Å²) in [6.07, 6.45) is 2.86. The van der Waals surface area contributed by atoms with Gasteiger partial charge in [0.2, 0.25) is 6.08 Å². The molecule has 17 heavy (non-hydrogen) atoms. The van der Waals surface area contributed by atoms with Crippen LogP contribution in [0.4, 0.5) is 4.39 Å². The highest BCUT2D eigenvalue weighted by molar-refractivity contribution is 5.55. The molecule has 1 aliphatic carbocycles. The van der Waals surface area contributed by atoms with Gasteiger partial charge in [-0.3, -0.25) is 0 Å². The van der Waals surface area contributed by atoms with E-state index in [4.69, 9.17) is 9.47 Å². The quantitative estimate of drug-likeness (QED) is 0.595. The first-order valence-corrected chi connectivity index (χ1v) is 5.18. The maximum Gasteiger partial charge on any atom is 0.235 e. The Hall–Kier alpha value is -1.87. The molecule has 5 heteroatoms. The molecule has 0 N–H and O–H groups in total. The van der Waals surface area contributed by atoms with Crippen LogP contribution in [0.3, 0.4) is 0 Å². The number of benzene rings is 1. The molecule has 0 unspecified atom stereocenters. The van der Waals surface area contributed by atoms with Gasteiger partial charge in [-0.1, -0.05) is 0 Å². The Bertz CT molecular complexity index is 491. The van der Waals surface area contributed by atoms with Crippen molar-refractivity contribution in [3.05, 3.63) is 23.5 Å². The Morgan fingerprint density at radius 1 is 1.35 bits per heavy atom. The van der Waals surface area contributed by atoms with Crippen LogP contribution in [0.15, 0.2) is 17.1 Å². The molecule has 1 aliphatic rings. The van der Waals surface area contributed by atoms with Crippen LogP contribution in [0, 0.1) is 5.82 Å². The summed E-state index contributed by atoms with van der Waals surface area (Å²) in [6.45, 7) is 0. The summed E-state index contributed by atoms with van der Waals surface area (Å²) in [5.74, 6) is 0.0660. The molecule has 1 fully saturated rings. The average Bonchev–Trinajstić information content (AvgIpc) is 3.10. The molecule has 0 radical (unpaired) electrons. The van der Waals surface area contributed by atoms with E-state index in [2.05, 4.69) is 4.99 Å². The van der Waals surface area contributed by atoms with E-state index in [1.165, 1.54) is 32.4 Å². The van der Waals surface area contributed by atoms with Gasteiger partial charge in [-0.25, -0.2) is 9.18 Å². The predicted octanol–water partition coefficient (Wildman–Crippen LogP) is 2.17. The maximum atomic E-state index is 13.6. The topological polar surface area (TPSA) is 47.9 Å². The van der Waals surface area contributed by atoms with E-state index in [0.29, 0.717) is 24.2 Å². The van der Waals surface area contributed by atoms with Gasteiger partial charge in [-0.15, -0.1) is 0 Å². The van der Waals surface area contributed by atoms with Crippen LogP contribution in [0.2, 0.25) is 0 Å². The van der Waals surface area contributed by atoms with Crippen LogP contribution < -0.4 is 9.47 Å². The number of hydrogen-bond donors (Lipinski definition) is 0. The summed E-state index contributed by atoms with van der Waals surface area (Å²) >= 11 is 0. The van der Waals surface area contributed by atoms with E-state index < -0.39 is 11.4 Å². The molecule has 0 saturated heterocycles. The smallest absolute Gasteiger partial charge is 0.235 e. The van der Waals surface area contributed by atoms with Gasteiger partial charge in [-0.05, 0) is 25.0 Å². The van der Waals surface area contributed by atoms with Crippen molar-refractivity contribution in [2.45, 2.75) is 18.4 Å². The molecule has 0 atom stereocenters. The van der Waals surface area contributed by atoms with Gasteiger partial charge in [0, 0.05) is 0 Å². The summed E-state index contributed by atoms with van der Waals surface area (Å²) in [5, 5.41) is 0. The summed E-state index contributed by atoms with van der Waals surface area (Å²) in [5.41, 5.74) is -0.230. The van der Waals surface area contributed by atoms with Crippen LogP contribution in [-0.4, -0.2) is 20.3 Å². The SMILES string of the molecule is COc1ccc(F)c(OC)c1C1(N=C=O)CC1. The Balaban J connectivity index is 2.65. The van der Waals surface area contributed by atoms with E-state index >= 15 is 0 Å². The van der Waals surface area contributed by atoms with E-state index in [9.17, 15) is 9.18 Å². The van der Waals surface area contributed by atoms with Crippen molar-refractivity contribution in [1.29, 1.82) is 0 Å². The zero-order valence-electron chi connectivity index (χ0n) is 9.62. The van der Waals surface area contributed by atoms with Crippen molar-refractivity contribution < 1.29 is 18.7 Å². The van der Waals surface area contributed by atoms with Crippen LogP contribution in [-0.2, 0) is 10.3 Å². The number of nitrogens with zero attached hydrogens (tertiary/aromatic N) is 1. The van der Waals surface area contributed by atoms with Gasteiger partial charge in [-0.2, -0.15) is 4.99 Å². The second-order valence-electron chi connectivity index (χ2n) is 3.89. The molecule has 1 aromatic rings. The van der Waals surface area contributed by atoms with Crippen molar-refractivity contribution >= 4 is 6.08 Å². The first kappa shape index (κ1) is 11.6. The Labute approximate surface area is 98.1 Å². The molecule has 0 spiro atoms. The van der Waals surface area contributed by atoms with E-state index in [1.807, 2.05) is 0 Å². The first-order valence-electron chi connectivity index (χ1n) is 5.18. The van der Waals surface area contributed by atoms with Gasteiger partial charge in [0.25, 0.3) is 0 Å². The lowest BCUT2D eigenvalue weighted by Gasteiger charge is -2.17. The largest absolute Gasteiger partial charge is 0.496 e. The Kier molecular flexibility index (Phi) is 2.86. The third-order valence-electron chi connectivity index (χ3n) is 2.94. The number of methoxy groups -OCH3 is 2. The van der Waals surface area contributed by atoms with Gasteiger partial charge in [0.05, 0.1) is 19.8 Å². The minimum absolute atomic E-state index is 0.0841. The van der Waals surface area contributed by atoms with Crippen molar-refractivity contribution in [3.63, 3.8) is 0 Å². The number of aliphatic imine (C=N–C) groups is 1. The minimum Gasteiger partial charge on any atom is -0.496 e. The van der Waals surface area contributed by atoms with Crippen LogP contribution in [0.25, 0.3) is 0 Å². The molecule has 1 aromatic carbocycles. The van der Waals surface area contributed by atoms with Crippen molar-refractivity contribution in [2.75, 3.05) is 14.2 Å². The second-order valence-corrected chi connectivity index (χ2v) is 3.89. The van der Waals surface area contributed by atoms with Crippen molar-refractivity contribution in [2.24, 2.45) is 4.99 Å². The molecule has 90 valence electrons. The maximum absolute atomic E-state index is 13.6. The highest BCUT2D eigenvalue weighted by atomic mass is 19.1. The zero-order valence-corrected chi connectivity index (χ0v) is 9.62. The predicted molar refractivity (Wildman–Crippen MR) is 58.5 cm³/mol. The molecule has 4 nitrogen and oxygen atoms in total. The number of isocyanates is 1. The fraction of sp³-hybridized carbons (Fsp3) is 0.417. The lowest BCUT2D eigenvalue weighted by molar-refractivity contribution is 0.358. The molecule has 0 heterocycles.